The molecule has 2 unspecified atom stereocenters. The van der Waals surface area contributed by atoms with Crippen LogP contribution in [-0.4, -0.2) is 22.2 Å². The molecule has 1 rings (SSSR count). The van der Waals surface area contributed by atoms with Gasteiger partial charge in [-0.25, -0.2) is 0 Å². The molecule has 9 heavy (non-hydrogen) atoms. The van der Waals surface area contributed by atoms with E-state index < -0.39 is 0 Å². The molecule has 1 saturated heterocycles. The lowest BCUT2D eigenvalue weighted by atomic mass is 10.0. The molecule has 1 aliphatic heterocycles. The monoisotopic (exact) mass is 146 g/mol. The van der Waals surface area contributed by atoms with Crippen molar-refractivity contribution in [3.63, 3.8) is 0 Å². The van der Waals surface area contributed by atoms with Crippen molar-refractivity contribution in [3.8, 4) is 0 Å². The fraction of sp³-hybridized carbons (Fsp3) is 1.00. The molecule has 0 spiro atoms. The van der Waals surface area contributed by atoms with Gasteiger partial charge in [0.15, 0.2) is 0 Å². The van der Waals surface area contributed by atoms with E-state index in [-0.39, 0.29) is 6.10 Å². The van der Waals surface area contributed by atoms with Crippen LogP contribution in [0, 0.1) is 5.92 Å². The number of hydrogen-bond donors (Lipinski definition) is 1. The van der Waals surface area contributed by atoms with Gasteiger partial charge in [-0.1, -0.05) is 13.8 Å². The van der Waals surface area contributed by atoms with Crippen molar-refractivity contribution in [1.29, 1.82) is 0 Å². The van der Waals surface area contributed by atoms with E-state index in [1.165, 1.54) is 0 Å². The van der Waals surface area contributed by atoms with E-state index in [1.54, 1.807) is 0 Å². The number of aliphatic hydroxyl groups is 1. The zero-order valence-corrected chi connectivity index (χ0v) is 6.82. The first-order valence-electron chi connectivity index (χ1n) is 3.51. The van der Waals surface area contributed by atoms with Gasteiger partial charge in [0.25, 0.3) is 0 Å². The predicted molar refractivity (Wildman–Crippen MR) is 41.7 cm³/mol. The third kappa shape index (κ3) is 1.62. The SMILES string of the molecule is CC(C)C1SCCC1O. The predicted octanol–water partition coefficient (Wildman–Crippen LogP) is 1.51. The topological polar surface area (TPSA) is 20.2 Å². The lowest BCUT2D eigenvalue weighted by molar-refractivity contribution is 0.161. The summed E-state index contributed by atoms with van der Waals surface area (Å²) in [5.41, 5.74) is 0. The third-order valence-electron chi connectivity index (χ3n) is 1.76. The Hall–Kier alpha value is 0.310. The van der Waals surface area contributed by atoms with Crippen molar-refractivity contribution in [3.05, 3.63) is 0 Å². The summed E-state index contributed by atoms with van der Waals surface area (Å²) in [6.45, 7) is 4.35. The van der Waals surface area contributed by atoms with E-state index in [9.17, 15) is 5.11 Å². The van der Waals surface area contributed by atoms with E-state index in [2.05, 4.69) is 13.8 Å². The Balaban J connectivity index is 2.40. The Kier molecular flexibility index (Phi) is 2.42. The van der Waals surface area contributed by atoms with E-state index in [4.69, 9.17) is 0 Å². The second kappa shape index (κ2) is 2.93. The van der Waals surface area contributed by atoms with Gasteiger partial charge in [0, 0.05) is 5.25 Å². The second-order valence-electron chi connectivity index (χ2n) is 2.94. The minimum Gasteiger partial charge on any atom is -0.392 e. The molecule has 1 nitrogen and oxygen atoms in total. The summed E-state index contributed by atoms with van der Waals surface area (Å²) in [5, 5.41) is 9.84. The summed E-state index contributed by atoms with van der Waals surface area (Å²) in [6, 6.07) is 0. The number of hydrogen-bond acceptors (Lipinski definition) is 2. The molecule has 0 aromatic rings. The van der Waals surface area contributed by atoms with Crippen molar-refractivity contribution in [2.45, 2.75) is 31.6 Å². The molecule has 0 aliphatic carbocycles. The molecule has 2 heteroatoms. The van der Waals surface area contributed by atoms with Crippen molar-refractivity contribution < 1.29 is 5.11 Å². The van der Waals surface area contributed by atoms with Gasteiger partial charge in [0.2, 0.25) is 0 Å². The molecule has 2 atom stereocenters. The van der Waals surface area contributed by atoms with Crippen LogP contribution in [-0.2, 0) is 0 Å². The van der Waals surface area contributed by atoms with Gasteiger partial charge in [-0.2, -0.15) is 11.8 Å². The Morgan fingerprint density at radius 3 is 2.44 bits per heavy atom. The molecule has 1 N–H and O–H groups in total. The first-order valence-corrected chi connectivity index (χ1v) is 4.56. The Morgan fingerprint density at radius 2 is 2.22 bits per heavy atom. The van der Waals surface area contributed by atoms with E-state index >= 15 is 0 Å². The number of aliphatic hydroxyl groups excluding tert-OH is 1. The van der Waals surface area contributed by atoms with Crippen molar-refractivity contribution in [2.24, 2.45) is 5.92 Å². The molecule has 1 fully saturated rings. The van der Waals surface area contributed by atoms with Crippen LogP contribution in [0.25, 0.3) is 0 Å². The zero-order valence-electron chi connectivity index (χ0n) is 6.00. The summed E-state index contributed by atoms with van der Waals surface area (Å²) in [5.74, 6) is 1.77. The summed E-state index contributed by atoms with van der Waals surface area (Å²) < 4.78 is 0. The Labute approximate surface area is 60.8 Å². The molecule has 0 amide bonds. The summed E-state index contributed by atoms with van der Waals surface area (Å²) in [6.07, 6.45) is 0.961. The molecule has 0 radical (unpaired) electrons. The lowest BCUT2D eigenvalue weighted by Crippen LogP contribution is -2.22. The van der Waals surface area contributed by atoms with Crippen LogP contribution in [0.5, 0.6) is 0 Å². The van der Waals surface area contributed by atoms with Crippen LogP contribution in [0.3, 0.4) is 0 Å². The van der Waals surface area contributed by atoms with Gasteiger partial charge in [-0.05, 0) is 18.1 Å². The van der Waals surface area contributed by atoms with Gasteiger partial charge in [-0.3, -0.25) is 0 Å². The number of rotatable bonds is 1. The lowest BCUT2D eigenvalue weighted by Gasteiger charge is -2.16. The zero-order chi connectivity index (χ0) is 6.85. The normalized spacial score (nSPS) is 36.0. The van der Waals surface area contributed by atoms with Crippen LogP contribution in [0.15, 0.2) is 0 Å². The third-order valence-corrected chi connectivity index (χ3v) is 3.48. The molecule has 0 aromatic carbocycles. The van der Waals surface area contributed by atoms with Gasteiger partial charge in [0.1, 0.15) is 0 Å². The van der Waals surface area contributed by atoms with Crippen LogP contribution in [0.2, 0.25) is 0 Å². The molecular weight excluding hydrogens is 132 g/mol. The first-order chi connectivity index (χ1) is 4.22. The molecule has 0 bridgehead atoms. The maximum Gasteiger partial charge on any atom is 0.0669 e. The highest BCUT2D eigenvalue weighted by Crippen LogP contribution is 2.31. The average molecular weight is 146 g/mol. The summed E-state index contributed by atoms with van der Waals surface area (Å²) in [7, 11) is 0. The smallest absolute Gasteiger partial charge is 0.0669 e. The highest BCUT2D eigenvalue weighted by atomic mass is 32.2. The minimum absolute atomic E-state index is 0.0324. The largest absolute Gasteiger partial charge is 0.392 e. The van der Waals surface area contributed by atoms with E-state index in [0.717, 1.165) is 12.2 Å². The fourth-order valence-corrected chi connectivity index (χ4v) is 2.63. The van der Waals surface area contributed by atoms with Crippen LogP contribution in [0.1, 0.15) is 20.3 Å². The number of thioether (sulfide) groups is 1. The maximum absolute atomic E-state index is 9.34. The quantitative estimate of drug-likeness (QED) is 0.605. The van der Waals surface area contributed by atoms with Crippen molar-refractivity contribution in [2.75, 3.05) is 5.75 Å². The standard InChI is InChI=1S/C7H14OS/c1-5(2)7-6(8)3-4-9-7/h5-8H,3-4H2,1-2H3. The highest BCUT2D eigenvalue weighted by molar-refractivity contribution is 8.00. The summed E-state index contributed by atoms with van der Waals surface area (Å²) >= 11 is 1.91. The second-order valence-corrected chi connectivity index (χ2v) is 4.22. The molecule has 1 aliphatic rings. The van der Waals surface area contributed by atoms with E-state index in [1.807, 2.05) is 11.8 Å². The first kappa shape index (κ1) is 7.42. The molecule has 0 saturated carbocycles. The van der Waals surface area contributed by atoms with Crippen LogP contribution < -0.4 is 0 Å². The average Bonchev–Trinajstić information content (AvgIpc) is 2.13. The molecular formula is C7H14OS. The minimum atomic E-state index is -0.0324. The van der Waals surface area contributed by atoms with Crippen molar-refractivity contribution >= 4 is 11.8 Å². The van der Waals surface area contributed by atoms with Gasteiger partial charge < -0.3 is 5.11 Å². The molecule has 54 valence electrons. The van der Waals surface area contributed by atoms with Gasteiger partial charge >= 0.3 is 0 Å². The van der Waals surface area contributed by atoms with E-state index in [0.29, 0.717) is 11.2 Å². The molecule has 1 heterocycles. The Morgan fingerprint density at radius 1 is 1.56 bits per heavy atom. The Bertz CT molecular complexity index is 92.9. The summed E-state index contributed by atoms with van der Waals surface area (Å²) in [4.78, 5) is 0. The molecule has 0 aromatic heterocycles. The maximum atomic E-state index is 9.34. The fourth-order valence-electron chi connectivity index (χ4n) is 1.24. The van der Waals surface area contributed by atoms with Crippen LogP contribution in [0.4, 0.5) is 0 Å². The van der Waals surface area contributed by atoms with Gasteiger partial charge in [0.05, 0.1) is 6.10 Å². The van der Waals surface area contributed by atoms with Crippen LogP contribution >= 0.6 is 11.8 Å². The van der Waals surface area contributed by atoms with Crippen molar-refractivity contribution in [1.82, 2.24) is 0 Å². The highest BCUT2D eigenvalue weighted by Gasteiger charge is 2.27. The van der Waals surface area contributed by atoms with Gasteiger partial charge in [-0.15, -0.1) is 0 Å².